The summed E-state index contributed by atoms with van der Waals surface area (Å²) in [5.41, 5.74) is 0.765. The van der Waals surface area contributed by atoms with Crippen LogP contribution in [0.5, 0.6) is 0 Å². The summed E-state index contributed by atoms with van der Waals surface area (Å²) in [6, 6.07) is 0. The summed E-state index contributed by atoms with van der Waals surface area (Å²) in [6.45, 7) is 3.44. The van der Waals surface area contributed by atoms with Crippen molar-refractivity contribution in [3.05, 3.63) is 16.4 Å². The molecule has 6 heteroatoms. The molecular weight excluding hydrogens is 286 g/mol. The van der Waals surface area contributed by atoms with E-state index in [4.69, 9.17) is 4.74 Å². The largest absolute Gasteiger partial charge is 0.384 e. The van der Waals surface area contributed by atoms with Crippen molar-refractivity contribution in [3.63, 3.8) is 0 Å². The molecule has 0 aliphatic rings. The molecule has 1 aromatic heterocycles. The second kappa shape index (κ2) is 6.49. The molecule has 1 aromatic rings. The maximum Gasteiger partial charge on any atom is 0.123 e. The number of aromatic nitrogens is 2. The molecule has 1 N–H and O–H groups in total. The molecule has 0 spiro atoms. The first-order valence-electron chi connectivity index (χ1n) is 5.54. The van der Waals surface area contributed by atoms with Gasteiger partial charge in [-0.25, -0.2) is 0 Å². The second-order valence-corrected chi connectivity index (χ2v) is 5.14. The Morgan fingerprint density at radius 3 is 2.76 bits per heavy atom. The summed E-state index contributed by atoms with van der Waals surface area (Å²) >= 11 is 3.41. The molecule has 2 unspecified atom stereocenters. The van der Waals surface area contributed by atoms with Gasteiger partial charge in [-0.1, -0.05) is 0 Å². The highest BCUT2D eigenvalue weighted by Gasteiger charge is 2.23. The first-order chi connectivity index (χ1) is 7.97. The van der Waals surface area contributed by atoms with Crippen molar-refractivity contribution >= 4 is 15.9 Å². The van der Waals surface area contributed by atoms with E-state index in [0.717, 1.165) is 23.3 Å². The number of aliphatic hydroxyl groups is 1. The number of nitrogens with zero attached hydrogens (tertiary/aromatic N) is 3. The fourth-order valence-corrected chi connectivity index (χ4v) is 2.02. The van der Waals surface area contributed by atoms with Crippen molar-refractivity contribution in [3.8, 4) is 0 Å². The van der Waals surface area contributed by atoms with Gasteiger partial charge in [0.15, 0.2) is 0 Å². The predicted octanol–water partition coefficient (Wildman–Crippen LogP) is 1.28. The van der Waals surface area contributed by atoms with Gasteiger partial charge in [0.25, 0.3) is 0 Å². The van der Waals surface area contributed by atoms with E-state index in [0.29, 0.717) is 0 Å². The van der Waals surface area contributed by atoms with E-state index in [1.807, 2.05) is 25.7 Å². The molecule has 0 aliphatic carbocycles. The van der Waals surface area contributed by atoms with Gasteiger partial charge < -0.3 is 14.7 Å². The highest BCUT2D eigenvalue weighted by atomic mass is 79.9. The van der Waals surface area contributed by atoms with Crippen LogP contribution in [-0.2, 0) is 11.3 Å². The van der Waals surface area contributed by atoms with Gasteiger partial charge in [0, 0.05) is 13.7 Å². The lowest BCUT2D eigenvalue weighted by atomic mass is 10.1. The van der Waals surface area contributed by atoms with Gasteiger partial charge in [-0.2, -0.15) is 5.10 Å². The number of likely N-dealkylation sites (N-methyl/N-ethyl adjacent to an activating group) is 1. The third-order valence-electron chi connectivity index (χ3n) is 2.69. The van der Waals surface area contributed by atoms with Crippen molar-refractivity contribution in [2.45, 2.75) is 25.7 Å². The van der Waals surface area contributed by atoms with Crippen LogP contribution in [0.3, 0.4) is 0 Å². The van der Waals surface area contributed by atoms with Gasteiger partial charge in [-0.15, -0.1) is 0 Å². The number of aliphatic hydroxyl groups excluding tert-OH is 1. The van der Waals surface area contributed by atoms with E-state index < -0.39 is 6.10 Å². The van der Waals surface area contributed by atoms with Crippen LogP contribution in [-0.4, -0.2) is 53.6 Å². The number of methoxy groups -OCH3 is 1. The molecule has 0 aromatic carbocycles. The lowest BCUT2D eigenvalue weighted by Gasteiger charge is -2.20. The zero-order valence-corrected chi connectivity index (χ0v) is 12.3. The molecular formula is C11H20BrN3O2. The highest BCUT2D eigenvalue weighted by molar-refractivity contribution is 9.10. The van der Waals surface area contributed by atoms with Crippen LogP contribution in [0.1, 0.15) is 18.7 Å². The Labute approximate surface area is 110 Å². The van der Waals surface area contributed by atoms with Gasteiger partial charge in [-0.3, -0.25) is 4.68 Å². The van der Waals surface area contributed by atoms with Crippen molar-refractivity contribution in [1.82, 2.24) is 14.7 Å². The van der Waals surface area contributed by atoms with Gasteiger partial charge in [0.1, 0.15) is 6.10 Å². The first-order valence-corrected chi connectivity index (χ1v) is 6.33. The Bertz CT molecular complexity index is 354. The third-order valence-corrected chi connectivity index (χ3v) is 3.30. The maximum absolute atomic E-state index is 10.2. The Balaban J connectivity index is 2.85. The summed E-state index contributed by atoms with van der Waals surface area (Å²) in [4.78, 5) is 2.07. The Morgan fingerprint density at radius 1 is 1.59 bits per heavy atom. The SMILES string of the molecule is COC(C)C(O)c1c(Br)cnn1CCN(C)C. The first kappa shape index (κ1) is 14.6. The molecule has 1 rings (SSSR count). The van der Waals surface area contributed by atoms with Crippen molar-refractivity contribution in [2.75, 3.05) is 27.7 Å². The normalized spacial score (nSPS) is 15.2. The molecule has 0 saturated carbocycles. The van der Waals surface area contributed by atoms with E-state index in [1.54, 1.807) is 13.3 Å². The average Bonchev–Trinajstić information content (AvgIpc) is 2.65. The minimum absolute atomic E-state index is 0.263. The van der Waals surface area contributed by atoms with E-state index in [2.05, 4.69) is 25.9 Å². The van der Waals surface area contributed by atoms with Gasteiger partial charge >= 0.3 is 0 Å². The van der Waals surface area contributed by atoms with Gasteiger partial charge in [0.05, 0.1) is 29.0 Å². The van der Waals surface area contributed by atoms with Crippen LogP contribution in [0.15, 0.2) is 10.7 Å². The van der Waals surface area contributed by atoms with Crippen LogP contribution in [0.4, 0.5) is 0 Å². The van der Waals surface area contributed by atoms with Crippen LogP contribution < -0.4 is 0 Å². The minimum Gasteiger partial charge on any atom is -0.384 e. The molecule has 0 fully saturated rings. The monoisotopic (exact) mass is 305 g/mol. The number of rotatable bonds is 6. The van der Waals surface area contributed by atoms with E-state index >= 15 is 0 Å². The fourth-order valence-electron chi connectivity index (χ4n) is 1.49. The van der Waals surface area contributed by atoms with Gasteiger partial charge in [-0.05, 0) is 36.9 Å². The second-order valence-electron chi connectivity index (χ2n) is 4.29. The minimum atomic E-state index is -0.681. The molecule has 2 atom stereocenters. The maximum atomic E-state index is 10.2. The molecule has 0 radical (unpaired) electrons. The van der Waals surface area contributed by atoms with Crippen molar-refractivity contribution < 1.29 is 9.84 Å². The van der Waals surface area contributed by atoms with Crippen molar-refractivity contribution in [1.29, 1.82) is 0 Å². The predicted molar refractivity (Wildman–Crippen MR) is 69.9 cm³/mol. The average molecular weight is 306 g/mol. The highest BCUT2D eigenvalue weighted by Crippen LogP contribution is 2.26. The van der Waals surface area contributed by atoms with Crippen LogP contribution in [0.2, 0.25) is 0 Å². The molecule has 5 nitrogen and oxygen atoms in total. The van der Waals surface area contributed by atoms with E-state index in [9.17, 15) is 5.11 Å². The fraction of sp³-hybridized carbons (Fsp3) is 0.727. The summed E-state index contributed by atoms with van der Waals surface area (Å²) in [6.07, 6.45) is 0.761. The molecule has 0 amide bonds. The van der Waals surface area contributed by atoms with Crippen LogP contribution >= 0.6 is 15.9 Å². The summed E-state index contributed by atoms with van der Waals surface area (Å²) in [7, 11) is 5.60. The standard InChI is InChI=1S/C11H20BrN3O2/c1-8(17-4)11(16)10-9(12)7-13-15(10)6-5-14(2)3/h7-8,11,16H,5-6H2,1-4H3. The molecule has 17 heavy (non-hydrogen) atoms. The third kappa shape index (κ3) is 3.77. The lowest BCUT2D eigenvalue weighted by Crippen LogP contribution is -2.24. The zero-order valence-electron chi connectivity index (χ0n) is 10.7. The Morgan fingerprint density at radius 2 is 2.24 bits per heavy atom. The van der Waals surface area contributed by atoms with Crippen molar-refractivity contribution in [2.24, 2.45) is 0 Å². The number of hydrogen-bond acceptors (Lipinski definition) is 4. The quantitative estimate of drug-likeness (QED) is 0.860. The summed E-state index contributed by atoms with van der Waals surface area (Å²) < 4.78 is 7.77. The van der Waals surface area contributed by atoms with E-state index in [-0.39, 0.29) is 6.10 Å². The van der Waals surface area contributed by atoms with E-state index in [1.165, 1.54) is 0 Å². The van der Waals surface area contributed by atoms with Crippen LogP contribution in [0.25, 0.3) is 0 Å². The number of hydrogen-bond donors (Lipinski definition) is 1. The molecule has 0 saturated heterocycles. The van der Waals surface area contributed by atoms with Gasteiger partial charge in [0.2, 0.25) is 0 Å². The summed E-state index contributed by atoms with van der Waals surface area (Å²) in [5.74, 6) is 0. The molecule has 0 bridgehead atoms. The Kier molecular flexibility index (Phi) is 5.58. The summed E-state index contributed by atoms with van der Waals surface area (Å²) in [5, 5.41) is 14.4. The smallest absolute Gasteiger partial charge is 0.123 e. The number of ether oxygens (including phenoxy) is 1. The topological polar surface area (TPSA) is 50.5 Å². The zero-order chi connectivity index (χ0) is 13.0. The number of halogens is 1. The Hall–Kier alpha value is -0.430. The molecule has 98 valence electrons. The molecule has 1 heterocycles. The van der Waals surface area contributed by atoms with Crippen LogP contribution in [0, 0.1) is 0 Å². The lowest BCUT2D eigenvalue weighted by molar-refractivity contribution is -0.00641. The molecule has 0 aliphatic heterocycles.